The first-order valence-electron chi connectivity index (χ1n) is 2.07. The Hall–Kier alpha value is 0.140. The Morgan fingerprint density at radius 3 is 2.43 bits per heavy atom. The average Bonchev–Trinajstić information content (AvgIpc) is 1.68. The maximum Gasteiger partial charge on any atom is 0.0429 e. The normalized spacial score (nSPS) is 13.3. The largest absolute Gasteiger partial charge is 0.266 e. The van der Waals surface area contributed by atoms with E-state index in [1.807, 2.05) is 17.9 Å². The minimum absolute atomic E-state index is 1.06. The van der Waals surface area contributed by atoms with Crippen LogP contribution in [-0.2, 0) is 0 Å². The van der Waals surface area contributed by atoms with Crippen molar-refractivity contribution in [1.82, 2.24) is 0 Å². The van der Waals surface area contributed by atoms with Crippen LogP contribution in [0.3, 0.4) is 0 Å². The van der Waals surface area contributed by atoms with Crippen molar-refractivity contribution in [2.24, 2.45) is 4.99 Å². The molecule has 0 saturated heterocycles. The molecule has 0 heterocycles. The van der Waals surface area contributed by atoms with Gasteiger partial charge in [-0.25, -0.2) is 0 Å². The monoisotopic (exact) mass is 209 g/mol. The molecule has 0 rings (SSSR count). The molecule has 0 bridgehead atoms. The Kier molecular flexibility index (Phi) is 4.39. The number of halogens is 1. The van der Waals surface area contributed by atoms with Crippen LogP contribution in [0.4, 0.5) is 0 Å². The number of rotatable bonds is 1. The molecule has 0 aromatic heterocycles. The first kappa shape index (κ1) is 7.14. The Labute approximate surface area is 57.7 Å². The molecule has 0 N–H and O–H groups in total. The van der Waals surface area contributed by atoms with E-state index in [0.717, 1.165) is 5.70 Å². The molecule has 0 amide bonds. The summed E-state index contributed by atoms with van der Waals surface area (Å²) in [5.74, 6) is 0. The predicted octanol–water partition coefficient (Wildman–Crippen LogP) is 2.37. The Morgan fingerprint density at radius 1 is 1.71 bits per heavy atom. The lowest BCUT2D eigenvalue weighted by molar-refractivity contribution is 1.33. The molecule has 0 aromatic rings. The van der Waals surface area contributed by atoms with Crippen LogP contribution in [0.15, 0.2) is 14.8 Å². The van der Waals surface area contributed by atoms with Gasteiger partial charge >= 0.3 is 0 Å². The third kappa shape index (κ3) is 3.98. The van der Waals surface area contributed by atoms with Crippen LogP contribution in [0.5, 0.6) is 0 Å². The summed E-state index contributed by atoms with van der Waals surface area (Å²) in [5, 5.41) is 0. The minimum atomic E-state index is 1.06. The fourth-order valence-corrected chi connectivity index (χ4v) is 0.393. The van der Waals surface area contributed by atoms with Crippen LogP contribution >= 0.6 is 22.6 Å². The van der Waals surface area contributed by atoms with Gasteiger partial charge in [-0.05, 0) is 17.9 Å². The zero-order valence-electron chi connectivity index (χ0n) is 4.48. The van der Waals surface area contributed by atoms with Crippen molar-refractivity contribution < 1.29 is 0 Å². The lowest BCUT2D eigenvalue weighted by atomic mass is 10.6. The number of hydrogen-bond acceptors (Lipinski definition) is 1. The third-order valence-corrected chi connectivity index (χ3v) is 1.39. The van der Waals surface area contributed by atoms with E-state index in [1.54, 1.807) is 6.21 Å². The van der Waals surface area contributed by atoms with Gasteiger partial charge in [0.05, 0.1) is 0 Å². The second-order valence-electron chi connectivity index (χ2n) is 1.14. The number of nitrogens with zero attached hydrogens (tertiary/aromatic N) is 1. The minimum Gasteiger partial charge on any atom is -0.266 e. The maximum atomic E-state index is 3.97. The summed E-state index contributed by atoms with van der Waals surface area (Å²) in [6, 6.07) is 0. The molecule has 1 nitrogen and oxygen atoms in total. The van der Waals surface area contributed by atoms with Gasteiger partial charge in [0, 0.05) is 11.9 Å². The van der Waals surface area contributed by atoms with Crippen molar-refractivity contribution in [2.75, 3.05) is 0 Å². The molecule has 0 spiro atoms. The van der Waals surface area contributed by atoms with Gasteiger partial charge in [-0.3, -0.25) is 4.99 Å². The molecule has 0 aromatic carbocycles. The van der Waals surface area contributed by atoms with E-state index in [4.69, 9.17) is 0 Å². The van der Waals surface area contributed by atoms with Crippen molar-refractivity contribution in [1.29, 1.82) is 0 Å². The van der Waals surface area contributed by atoms with Crippen molar-refractivity contribution in [2.45, 2.75) is 13.8 Å². The van der Waals surface area contributed by atoms with Gasteiger partial charge < -0.3 is 0 Å². The van der Waals surface area contributed by atoms with E-state index in [9.17, 15) is 0 Å². The van der Waals surface area contributed by atoms with Crippen molar-refractivity contribution in [3.05, 3.63) is 9.78 Å². The second-order valence-corrected chi connectivity index (χ2v) is 1.76. The standard InChI is InChI=1S/C5H8IN/c1-3-7-5(2)4-6/h3-4H,1-2H3/b5-4-,7-3?. The summed E-state index contributed by atoms with van der Waals surface area (Å²) < 4.78 is 1.94. The fraction of sp³-hybridized carbons (Fsp3) is 0.400. The van der Waals surface area contributed by atoms with Gasteiger partial charge in [-0.1, -0.05) is 22.6 Å². The summed E-state index contributed by atoms with van der Waals surface area (Å²) >= 11 is 2.16. The van der Waals surface area contributed by atoms with Gasteiger partial charge in [-0.2, -0.15) is 0 Å². The molecule has 0 atom stereocenters. The molecule has 0 saturated carbocycles. The zero-order valence-corrected chi connectivity index (χ0v) is 6.64. The van der Waals surface area contributed by atoms with Gasteiger partial charge in [0.1, 0.15) is 0 Å². The first-order chi connectivity index (χ1) is 3.31. The highest BCUT2D eigenvalue weighted by molar-refractivity contribution is 14.1. The van der Waals surface area contributed by atoms with E-state index < -0.39 is 0 Å². The van der Waals surface area contributed by atoms with Crippen molar-refractivity contribution in [3.8, 4) is 0 Å². The van der Waals surface area contributed by atoms with E-state index >= 15 is 0 Å². The van der Waals surface area contributed by atoms with Gasteiger partial charge in [0.15, 0.2) is 0 Å². The summed E-state index contributed by atoms with van der Waals surface area (Å²) in [6.07, 6.45) is 1.78. The molecule has 0 radical (unpaired) electrons. The predicted molar refractivity (Wildman–Crippen MR) is 41.9 cm³/mol. The van der Waals surface area contributed by atoms with Crippen molar-refractivity contribution >= 4 is 28.8 Å². The fourth-order valence-electron chi connectivity index (χ4n) is 0.232. The molecule has 7 heavy (non-hydrogen) atoms. The Morgan fingerprint density at radius 2 is 2.29 bits per heavy atom. The highest BCUT2D eigenvalue weighted by atomic mass is 127. The summed E-state index contributed by atoms with van der Waals surface area (Å²) in [4.78, 5) is 3.97. The molecule has 40 valence electrons. The highest BCUT2D eigenvalue weighted by Crippen LogP contribution is 1.96. The maximum absolute atomic E-state index is 3.97. The molecule has 0 aliphatic carbocycles. The Balaban J connectivity index is 3.58. The van der Waals surface area contributed by atoms with E-state index in [2.05, 4.69) is 27.6 Å². The zero-order chi connectivity index (χ0) is 5.70. The molecular weight excluding hydrogens is 201 g/mol. The summed E-state index contributed by atoms with van der Waals surface area (Å²) in [5.41, 5.74) is 1.06. The van der Waals surface area contributed by atoms with Crippen LogP contribution in [0.2, 0.25) is 0 Å². The lowest BCUT2D eigenvalue weighted by Crippen LogP contribution is -1.62. The number of aliphatic imine (C=N–C) groups is 1. The van der Waals surface area contributed by atoms with Crippen molar-refractivity contribution in [3.63, 3.8) is 0 Å². The second kappa shape index (κ2) is 4.30. The smallest absolute Gasteiger partial charge is 0.0429 e. The van der Waals surface area contributed by atoms with Gasteiger partial charge in [0.25, 0.3) is 0 Å². The van der Waals surface area contributed by atoms with Gasteiger partial charge in [-0.15, -0.1) is 0 Å². The van der Waals surface area contributed by atoms with Crippen LogP contribution in [-0.4, -0.2) is 6.21 Å². The molecule has 0 aliphatic rings. The quantitative estimate of drug-likeness (QED) is 0.464. The molecular formula is C5H8IN. The number of hydrogen-bond donors (Lipinski definition) is 0. The van der Waals surface area contributed by atoms with Crippen LogP contribution < -0.4 is 0 Å². The van der Waals surface area contributed by atoms with E-state index in [-0.39, 0.29) is 0 Å². The third-order valence-electron chi connectivity index (χ3n) is 0.491. The first-order valence-corrected chi connectivity index (χ1v) is 3.31. The summed E-state index contributed by atoms with van der Waals surface area (Å²) in [7, 11) is 0. The summed E-state index contributed by atoms with van der Waals surface area (Å²) in [6.45, 7) is 3.87. The lowest BCUT2D eigenvalue weighted by Gasteiger charge is -1.80. The topological polar surface area (TPSA) is 12.4 Å². The number of allylic oxidation sites excluding steroid dienone is 1. The average molecular weight is 209 g/mol. The van der Waals surface area contributed by atoms with Gasteiger partial charge in [0.2, 0.25) is 0 Å². The Bertz CT molecular complexity index is 94.3. The molecule has 2 heteroatoms. The van der Waals surface area contributed by atoms with Crippen LogP contribution in [0, 0.1) is 0 Å². The molecule has 0 unspecified atom stereocenters. The molecule has 0 aliphatic heterocycles. The van der Waals surface area contributed by atoms with Crippen LogP contribution in [0.25, 0.3) is 0 Å². The van der Waals surface area contributed by atoms with E-state index in [1.165, 1.54) is 0 Å². The van der Waals surface area contributed by atoms with Crippen LogP contribution in [0.1, 0.15) is 13.8 Å². The molecule has 0 fully saturated rings. The highest BCUT2D eigenvalue weighted by Gasteiger charge is 1.71. The SMILES string of the molecule is CC=N/C(C)=C\I. The van der Waals surface area contributed by atoms with E-state index in [0.29, 0.717) is 0 Å².